The third-order valence-corrected chi connectivity index (χ3v) is 7.85. The first-order chi connectivity index (χ1) is 17.1. The van der Waals surface area contributed by atoms with Gasteiger partial charge in [0.15, 0.2) is 5.78 Å². The number of carbonyl (C=O) groups is 3. The van der Waals surface area contributed by atoms with Gasteiger partial charge < -0.3 is 20.1 Å². The van der Waals surface area contributed by atoms with E-state index in [1.54, 1.807) is 6.92 Å². The van der Waals surface area contributed by atoms with Crippen molar-refractivity contribution in [2.75, 3.05) is 24.9 Å². The van der Waals surface area contributed by atoms with Crippen LogP contribution in [0.4, 0.5) is 19.3 Å². The fourth-order valence-electron chi connectivity index (χ4n) is 3.83. The number of amides is 1. The molecule has 0 aromatic heterocycles. The molecule has 0 saturated carbocycles. The van der Waals surface area contributed by atoms with Crippen LogP contribution in [0.2, 0.25) is 0 Å². The van der Waals surface area contributed by atoms with Gasteiger partial charge in [-0.2, -0.15) is 0 Å². The molecule has 2 N–H and O–H groups in total. The number of carbonyl (C=O) groups excluding carboxylic acids is 2. The summed E-state index contributed by atoms with van der Waals surface area (Å²) in [6, 6.07) is 8.66. The Morgan fingerprint density at radius 2 is 1.65 bits per heavy atom. The van der Waals surface area contributed by atoms with Gasteiger partial charge in [-0.15, -0.1) is 0 Å². The maximum Gasteiger partial charge on any atom is 0.414 e. The van der Waals surface area contributed by atoms with Crippen molar-refractivity contribution in [3.63, 3.8) is 0 Å². The first kappa shape index (κ1) is 28.0. The summed E-state index contributed by atoms with van der Waals surface area (Å²) in [5.41, 5.74) is -2.34. The number of Topliss-reactive ketones (excluding diaryl/α,β-unsaturated/α-hetero) is 1. The van der Waals surface area contributed by atoms with E-state index < -0.39 is 58.3 Å². The van der Waals surface area contributed by atoms with Gasteiger partial charge in [0.05, 0.1) is 23.2 Å². The number of ether oxygens (including phenoxy) is 1. The van der Waals surface area contributed by atoms with E-state index in [-0.39, 0.29) is 16.3 Å². The predicted molar refractivity (Wildman–Crippen MR) is 129 cm³/mol. The highest BCUT2D eigenvalue weighted by molar-refractivity contribution is 7.93. The molecule has 0 bridgehead atoms. The number of halogens is 2. The standard InChI is InChI=1S/C24H27F2N3O7S/c1-15-5-11-18(12-6-15)37(34,35)29(16-7-9-17(10-8-16)36-22(33)28(3)4)23(2,21(31)32)20(30)19-13-24(25,26)14-27-19/h5-12,19,27H,13-14H2,1-4H3,(H,31,32)/t19-,23+/m0/s1. The van der Waals surface area contributed by atoms with Crippen molar-refractivity contribution < 1.29 is 41.4 Å². The molecule has 1 heterocycles. The minimum absolute atomic E-state index is 0.0237. The fourth-order valence-corrected chi connectivity index (χ4v) is 5.57. The molecule has 1 aliphatic heterocycles. The first-order valence-electron chi connectivity index (χ1n) is 11.1. The predicted octanol–water partition coefficient (Wildman–Crippen LogP) is 2.66. The number of nitrogens with zero attached hydrogens (tertiary/aromatic N) is 2. The van der Waals surface area contributed by atoms with Crippen molar-refractivity contribution in [2.24, 2.45) is 0 Å². The molecule has 1 aliphatic rings. The van der Waals surface area contributed by atoms with Gasteiger partial charge in [0.25, 0.3) is 15.9 Å². The van der Waals surface area contributed by atoms with Crippen molar-refractivity contribution in [2.45, 2.75) is 42.7 Å². The topological polar surface area (TPSA) is 133 Å². The Morgan fingerprint density at radius 3 is 2.11 bits per heavy atom. The molecule has 0 unspecified atom stereocenters. The fraction of sp³-hybridized carbons (Fsp3) is 0.375. The molecule has 2 atom stereocenters. The van der Waals surface area contributed by atoms with Gasteiger partial charge in [-0.3, -0.25) is 4.79 Å². The molecule has 0 aliphatic carbocycles. The number of nitrogens with one attached hydrogen (secondary N) is 1. The van der Waals surface area contributed by atoms with E-state index in [9.17, 15) is 36.7 Å². The number of ketones is 1. The van der Waals surface area contributed by atoms with Crippen molar-refractivity contribution in [1.29, 1.82) is 0 Å². The van der Waals surface area contributed by atoms with Crippen LogP contribution in [0.5, 0.6) is 5.75 Å². The number of alkyl halides is 2. The Bertz CT molecular complexity index is 1300. The van der Waals surface area contributed by atoms with E-state index >= 15 is 0 Å². The third-order valence-electron chi connectivity index (χ3n) is 5.93. The first-order valence-corrected chi connectivity index (χ1v) is 12.5. The number of carboxylic acid groups (broad SMARTS) is 1. The van der Waals surface area contributed by atoms with Gasteiger partial charge in [-0.25, -0.2) is 31.1 Å². The Labute approximate surface area is 212 Å². The van der Waals surface area contributed by atoms with E-state index in [0.29, 0.717) is 4.31 Å². The normalized spacial score (nSPS) is 18.5. The van der Waals surface area contributed by atoms with Crippen molar-refractivity contribution in [1.82, 2.24) is 10.2 Å². The third kappa shape index (κ3) is 5.57. The number of sulfonamides is 1. The average molecular weight is 540 g/mol. The number of anilines is 1. The lowest BCUT2D eigenvalue weighted by atomic mass is 9.89. The molecular formula is C24H27F2N3O7S. The van der Waals surface area contributed by atoms with E-state index in [4.69, 9.17) is 4.74 Å². The molecule has 13 heteroatoms. The summed E-state index contributed by atoms with van der Waals surface area (Å²) in [5, 5.41) is 12.5. The molecule has 1 fully saturated rings. The Hall–Kier alpha value is -3.58. The molecule has 0 spiro atoms. The largest absolute Gasteiger partial charge is 0.479 e. The summed E-state index contributed by atoms with van der Waals surface area (Å²) in [4.78, 5) is 38.8. The van der Waals surface area contributed by atoms with Crippen molar-refractivity contribution >= 4 is 33.6 Å². The molecule has 2 aromatic carbocycles. The highest BCUT2D eigenvalue weighted by Gasteiger charge is 2.57. The van der Waals surface area contributed by atoms with Gasteiger partial charge in [-0.05, 0) is 50.2 Å². The second-order valence-corrected chi connectivity index (χ2v) is 10.9. The SMILES string of the molecule is Cc1ccc(S(=O)(=O)N(c2ccc(OC(=O)N(C)C)cc2)[C@@](C)(C(=O)O)C(=O)[C@@H]2CC(F)(F)CN2)cc1. The molecule has 1 saturated heterocycles. The van der Waals surface area contributed by atoms with Gasteiger partial charge in [-0.1, -0.05) is 17.7 Å². The summed E-state index contributed by atoms with van der Waals surface area (Å²) >= 11 is 0. The van der Waals surface area contributed by atoms with E-state index in [1.807, 2.05) is 0 Å². The van der Waals surface area contributed by atoms with Crippen LogP contribution < -0.4 is 14.4 Å². The lowest BCUT2D eigenvalue weighted by molar-refractivity contribution is -0.147. The lowest BCUT2D eigenvalue weighted by Gasteiger charge is -2.38. The molecule has 200 valence electrons. The molecule has 10 nitrogen and oxygen atoms in total. The molecule has 3 rings (SSSR count). The summed E-state index contributed by atoms with van der Waals surface area (Å²) in [6.07, 6.45) is -1.69. The maximum absolute atomic E-state index is 13.9. The van der Waals surface area contributed by atoms with Gasteiger partial charge in [0, 0.05) is 20.5 Å². The number of rotatable bonds is 8. The Balaban J connectivity index is 2.17. The molecule has 1 amide bonds. The number of aryl methyl sites for hydroxylation is 1. The summed E-state index contributed by atoms with van der Waals surface area (Å²) in [7, 11) is -1.81. The quantitative estimate of drug-likeness (QED) is 0.489. The van der Waals surface area contributed by atoms with E-state index in [2.05, 4.69) is 5.32 Å². The van der Waals surface area contributed by atoms with Gasteiger partial charge >= 0.3 is 12.1 Å². The minimum atomic E-state index is -4.73. The number of carboxylic acids is 1. The highest BCUT2D eigenvalue weighted by Crippen LogP contribution is 2.37. The zero-order chi connectivity index (χ0) is 27.8. The monoisotopic (exact) mass is 539 g/mol. The molecular weight excluding hydrogens is 512 g/mol. The van der Waals surface area contributed by atoms with Crippen LogP contribution in [0.3, 0.4) is 0 Å². The van der Waals surface area contributed by atoms with Crippen LogP contribution in [-0.2, 0) is 19.6 Å². The second kappa shape index (κ2) is 10.1. The molecule has 0 radical (unpaired) electrons. The van der Waals surface area contributed by atoms with Crippen LogP contribution in [-0.4, -0.2) is 74.4 Å². The number of aliphatic carboxylic acids is 1. The van der Waals surface area contributed by atoms with Crippen molar-refractivity contribution in [3.8, 4) is 5.75 Å². The van der Waals surface area contributed by atoms with Crippen LogP contribution in [0.25, 0.3) is 0 Å². The van der Waals surface area contributed by atoms with Crippen LogP contribution in [0.1, 0.15) is 18.9 Å². The molecule has 37 heavy (non-hydrogen) atoms. The zero-order valence-corrected chi connectivity index (χ0v) is 21.4. The number of hydrogen-bond donors (Lipinski definition) is 2. The van der Waals surface area contributed by atoms with Gasteiger partial charge in [0.2, 0.25) is 5.54 Å². The molecule has 2 aromatic rings. The van der Waals surface area contributed by atoms with Crippen LogP contribution in [0.15, 0.2) is 53.4 Å². The average Bonchev–Trinajstić information content (AvgIpc) is 3.19. The Kier molecular flexibility index (Phi) is 7.61. The van der Waals surface area contributed by atoms with Crippen LogP contribution >= 0.6 is 0 Å². The van der Waals surface area contributed by atoms with Crippen molar-refractivity contribution in [3.05, 3.63) is 54.1 Å². The van der Waals surface area contributed by atoms with Gasteiger partial charge in [0.1, 0.15) is 5.75 Å². The minimum Gasteiger partial charge on any atom is -0.479 e. The summed E-state index contributed by atoms with van der Waals surface area (Å²) in [5.74, 6) is -6.35. The summed E-state index contributed by atoms with van der Waals surface area (Å²) in [6.45, 7) is 1.73. The van der Waals surface area contributed by atoms with Crippen LogP contribution in [0, 0.1) is 6.92 Å². The second-order valence-electron chi connectivity index (χ2n) is 9.07. The van der Waals surface area contributed by atoms with E-state index in [1.165, 1.54) is 50.5 Å². The lowest BCUT2D eigenvalue weighted by Crippen LogP contribution is -2.64. The zero-order valence-electron chi connectivity index (χ0n) is 20.6. The number of benzene rings is 2. The Morgan fingerprint density at radius 1 is 1.08 bits per heavy atom. The smallest absolute Gasteiger partial charge is 0.414 e. The number of hydrogen-bond acceptors (Lipinski definition) is 7. The summed E-state index contributed by atoms with van der Waals surface area (Å²) < 4.78 is 61.0. The highest BCUT2D eigenvalue weighted by atomic mass is 32.2. The maximum atomic E-state index is 13.9. The van der Waals surface area contributed by atoms with E-state index in [0.717, 1.165) is 29.5 Å².